The van der Waals surface area contributed by atoms with E-state index in [1.165, 1.54) is 14.0 Å². The average molecular weight is 280 g/mol. The fourth-order valence-corrected chi connectivity index (χ4v) is 1.79. The predicted molar refractivity (Wildman–Crippen MR) is 68.3 cm³/mol. The molecule has 20 heavy (non-hydrogen) atoms. The largest absolute Gasteiger partial charge is 0.357 e. The molecular formula is C12H10F2N4O2. The van der Waals surface area contributed by atoms with E-state index in [-0.39, 0.29) is 28.6 Å². The molecule has 1 aromatic heterocycles. The van der Waals surface area contributed by atoms with Gasteiger partial charge in [-0.3, -0.25) is 10.1 Å². The van der Waals surface area contributed by atoms with Gasteiger partial charge in [0.1, 0.15) is 17.3 Å². The van der Waals surface area contributed by atoms with E-state index >= 15 is 0 Å². The molecule has 104 valence electrons. The van der Waals surface area contributed by atoms with Crippen molar-refractivity contribution in [2.75, 3.05) is 12.4 Å². The number of nitrogens with zero attached hydrogens (tertiary/aromatic N) is 3. The first-order chi connectivity index (χ1) is 9.42. The molecule has 0 radical (unpaired) electrons. The van der Waals surface area contributed by atoms with Gasteiger partial charge in [-0.25, -0.2) is 18.7 Å². The minimum Gasteiger partial charge on any atom is -0.357 e. The molecule has 8 heteroatoms. The number of benzene rings is 1. The summed E-state index contributed by atoms with van der Waals surface area (Å²) in [5.74, 6) is -1.54. The van der Waals surface area contributed by atoms with Gasteiger partial charge >= 0.3 is 5.69 Å². The van der Waals surface area contributed by atoms with Crippen molar-refractivity contribution < 1.29 is 13.7 Å². The lowest BCUT2D eigenvalue weighted by molar-refractivity contribution is -0.385. The maximum Gasteiger partial charge on any atom is 0.316 e. The molecule has 0 amide bonds. The van der Waals surface area contributed by atoms with E-state index < -0.39 is 16.6 Å². The zero-order valence-corrected chi connectivity index (χ0v) is 10.6. The summed E-state index contributed by atoms with van der Waals surface area (Å²) >= 11 is 0. The number of nitro groups is 1. The Hall–Kier alpha value is -2.64. The summed E-state index contributed by atoms with van der Waals surface area (Å²) in [6.07, 6.45) is 0. The molecule has 1 N–H and O–H groups in total. The van der Waals surface area contributed by atoms with Crippen molar-refractivity contribution in [2.24, 2.45) is 0 Å². The van der Waals surface area contributed by atoms with E-state index in [1.54, 1.807) is 0 Å². The molecule has 2 rings (SSSR count). The lowest BCUT2D eigenvalue weighted by Crippen LogP contribution is -2.05. The maximum absolute atomic E-state index is 13.3. The number of rotatable bonds is 3. The summed E-state index contributed by atoms with van der Waals surface area (Å²) in [4.78, 5) is 18.3. The highest BCUT2D eigenvalue weighted by Crippen LogP contribution is 2.31. The first kappa shape index (κ1) is 13.8. The minimum absolute atomic E-state index is 0.0174. The van der Waals surface area contributed by atoms with Crippen molar-refractivity contribution in [1.29, 1.82) is 0 Å². The Bertz CT molecular complexity index is 671. The van der Waals surface area contributed by atoms with Gasteiger partial charge in [0, 0.05) is 18.7 Å². The van der Waals surface area contributed by atoms with Crippen LogP contribution in [0.25, 0.3) is 11.3 Å². The van der Waals surface area contributed by atoms with Gasteiger partial charge in [0.05, 0.1) is 4.92 Å². The number of aryl methyl sites for hydroxylation is 1. The second-order valence-electron chi connectivity index (χ2n) is 4.00. The van der Waals surface area contributed by atoms with E-state index in [0.717, 1.165) is 12.1 Å². The lowest BCUT2D eigenvalue weighted by Gasteiger charge is -2.07. The zero-order valence-electron chi connectivity index (χ0n) is 10.6. The molecule has 1 aromatic carbocycles. The van der Waals surface area contributed by atoms with Crippen LogP contribution in [-0.4, -0.2) is 21.9 Å². The van der Waals surface area contributed by atoms with Gasteiger partial charge in [-0.15, -0.1) is 0 Å². The van der Waals surface area contributed by atoms with Crippen LogP contribution in [0.4, 0.5) is 20.4 Å². The van der Waals surface area contributed by atoms with Gasteiger partial charge in [0.15, 0.2) is 5.69 Å². The number of hydrogen-bond donors (Lipinski definition) is 1. The second kappa shape index (κ2) is 5.16. The lowest BCUT2D eigenvalue weighted by atomic mass is 10.1. The first-order valence-corrected chi connectivity index (χ1v) is 5.59. The number of halogens is 2. The van der Waals surface area contributed by atoms with Gasteiger partial charge in [0.2, 0.25) is 5.95 Å². The molecule has 0 saturated carbocycles. The standard InChI is InChI=1S/C12H10F2N4O2/c1-6-11(18(19)20)10(17-12(15-2)16-6)7-3-8(13)5-9(14)4-7/h3-5H,1-2H3,(H,15,16,17). The van der Waals surface area contributed by atoms with Crippen LogP contribution in [0.3, 0.4) is 0 Å². The van der Waals surface area contributed by atoms with Crippen LogP contribution in [0, 0.1) is 28.7 Å². The second-order valence-corrected chi connectivity index (χ2v) is 4.00. The van der Waals surface area contributed by atoms with Gasteiger partial charge in [-0.2, -0.15) is 0 Å². The summed E-state index contributed by atoms with van der Waals surface area (Å²) in [7, 11) is 1.54. The minimum atomic E-state index is -0.837. The number of nitrogens with one attached hydrogen (secondary N) is 1. The normalized spacial score (nSPS) is 10.4. The smallest absolute Gasteiger partial charge is 0.316 e. The van der Waals surface area contributed by atoms with Crippen molar-refractivity contribution in [3.8, 4) is 11.3 Å². The molecule has 0 atom stereocenters. The molecule has 0 saturated heterocycles. The fourth-order valence-electron chi connectivity index (χ4n) is 1.79. The van der Waals surface area contributed by atoms with E-state index in [9.17, 15) is 18.9 Å². The number of anilines is 1. The molecule has 0 fully saturated rings. The quantitative estimate of drug-likeness (QED) is 0.690. The van der Waals surface area contributed by atoms with Crippen molar-refractivity contribution in [3.05, 3.63) is 45.6 Å². The summed E-state index contributed by atoms with van der Waals surface area (Å²) < 4.78 is 26.5. The van der Waals surface area contributed by atoms with Crippen LogP contribution in [0.1, 0.15) is 5.69 Å². The average Bonchev–Trinajstić information content (AvgIpc) is 2.35. The van der Waals surface area contributed by atoms with Gasteiger partial charge < -0.3 is 5.32 Å². The summed E-state index contributed by atoms with van der Waals surface area (Å²) in [5.41, 5.74) is -0.426. The van der Waals surface area contributed by atoms with Crippen LogP contribution in [0.5, 0.6) is 0 Å². The van der Waals surface area contributed by atoms with Gasteiger partial charge in [-0.05, 0) is 19.1 Å². The SMILES string of the molecule is CNc1nc(C)c([N+](=O)[O-])c(-c2cc(F)cc(F)c2)n1. The van der Waals surface area contributed by atoms with Crippen molar-refractivity contribution >= 4 is 11.6 Å². The van der Waals surface area contributed by atoms with Crippen LogP contribution in [0.2, 0.25) is 0 Å². The van der Waals surface area contributed by atoms with Gasteiger partial charge in [-0.1, -0.05) is 0 Å². The Balaban J connectivity index is 2.76. The third kappa shape index (κ3) is 2.53. The predicted octanol–water partition coefficient (Wildman–Crippen LogP) is 2.68. The van der Waals surface area contributed by atoms with Crippen LogP contribution < -0.4 is 5.32 Å². The molecule has 6 nitrogen and oxygen atoms in total. The highest BCUT2D eigenvalue weighted by Gasteiger charge is 2.23. The monoisotopic (exact) mass is 280 g/mol. The Kier molecular flexibility index (Phi) is 3.55. The molecule has 0 aliphatic heterocycles. The Labute approximate surface area is 112 Å². The molecule has 1 heterocycles. The zero-order chi connectivity index (χ0) is 14.9. The topological polar surface area (TPSA) is 81.0 Å². The molecule has 0 spiro atoms. The van der Waals surface area contributed by atoms with E-state index in [4.69, 9.17) is 0 Å². The Morgan fingerprint density at radius 3 is 2.30 bits per heavy atom. The summed E-state index contributed by atoms with van der Waals surface area (Å²) in [6, 6.07) is 2.65. The molecule has 0 unspecified atom stereocenters. The van der Waals surface area contributed by atoms with Crippen LogP contribution in [0.15, 0.2) is 18.2 Å². The molecular weight excluding hydrogens is 270 g/mol. The molecule has 0 aliphatic carbocycles. The van der Waals surface area contributed by atoms with Crippen LogP contribution in [-0.2, 0) is 0 Å². The van der Waals surface area contributed by atoms with E-state index in [0.29, 0.717) is 6.07 Å². The third-order valence-electron chi connectivity index (χ3n) is 2.60. The van der Waals surface area contributed by atoms with E-state index in [1.807, 2.05) is 0 Å². The maximum atomic E-state index is 13.3. The van der Waals surface area contributed by atoms with Crippen LogP contribution >= 0.6 is 0 Å². The summed E-state index contributed by atoms with van der Waals surface area (Å²) in [5, 5.41) is 13.7. The van der Waals surface area contributed by atoms with Gasteiger partial charge in [0.25, 0.3) is 0 Å². The highest BCUT2D eigenvalue weighted by atomic mass is 19.1. The Morgan fingerprint density at radius 1 is 1.20 bits per heavy atom. The Morgan fingerprint density at radius 2 is 1.80 bits per heavy atom. The molecule has 2 aromatic rings. The third-order valence-corrected chi connectivity index (χ3v) is 2.60. The summed E-state index contributed by atoms with van der Waals surface area (Å²) in [6.45, 7) is 1.43. The van der Waals surface area contributed by atoms with E-state index in [2.05, 4.69) is 15.3 Å². The first-order valence-electron chi connectivity index (χ1n) is 5.59. The van der Waals surface area contributed by atoms with Crippen molar-refractivity contribution in [3.63, 3.8) is 0 Å². The molecule has 0 aliphatic rings. The van der Waals surface area contributed by atoms with Crippen molar-refractivity contribution in [1.82, 2.24) is 9.97 Å². The number of aromatic nitrogens is 2. The fraction of sp³-hybridized carbons (Fsp3) is 0.167. The highest BCUT2D eigenvalue weighted by molar-refractivity contribution is 5.72. The number of hydrogen-bond acceptors (Lipinski definition) is 5. The van der Waals surface area contributed by atoms with Crippen molar-refractivity contribution in [2.45, 2.75) is 6.92 Å². The molecule has 0 bridgehead atoms.